The molecule has 0 saturated heterocycles. The smallest absolute Gasteiger partial charge is 0.307 e. The van der Waals surface area contributed by atoms with Crippen LogP contribution in [0.15, 0.2) is 18.2 Å². The monoisotopic (exact) mass is 313 g/mol. The van der Waals surface area contributed by atoms with Gasteiger partial charge in [-0.05, 0) is 31.0 Å². The summed E-state index contributed by atoms with van der Waals surface area (Å²) < 4.78 is 36.9. The Balaban J connectivity index is 2.75. The van der Waals surface area contributed by atoms with E-state index >= 15 is 0 Å². The highest BCUT2D eigenvalue weighted by molar-refractivity contribution is 6.42. The van der Waals surface area contributed by atoms with Gasteiger partial charge in [0.1, 0.15) is 0 Å². The summed E-state index contributed by atoms with van der Waals surface area (Å²) in [5.41, 5.74) is 0.839. The average Bonchev–Trinajstić information content (AvgIpc) is 2.27. The van der Waals surface area contributed by atoms with Gasteiger partial charge in [0.25, 0.3) is 0 Å². The minimum atomic E-state index is -4.16. The lowest BCUT2D eigenvalue weighted by atomic mass is 10.0. The molecule has 0 aliphatic carbocycles. The molecule has 108 valence electrons. The zero-order chi connectivity index (χ0) is 14.6. The van der Waals surface area contributed by atoms with Gasteiger partial charge in [0, 0.05) is 12.1 Å². The molecule has 1 aromatic rings. The first-order valence-electron chi connectivity index (χ1n) is 6.00. The fourth-order valence-electron chi connectivity index (χ4n) is 1.93. The van der Waals surface area contributed by atoms with Crippen LogP contribution >= 0.6 is 23.2 Å². The average molecular weight is 314 g/mol. The van der Waals surface area contributed by atoms with E-state index in [1.807, 2.05) is 6.92 Å². The summed E-state index contributed by atoms with van der Waals surface area (Å²) in [7, 11) is 0. The van der Waals surface area contributed by atoms with E-state index in [0.717, 1.165) is 5.56 Å². The molecule has 2 atom stereocenters. The highest BCUT2D eigenvalue weighted by Gasteiger charge is 2.30. The van der Waals surface area contributed by atoms with Gasteiger partial charge in [0.15, 0.2) is 0 Å². The quantitative estimate of drug-likeness (QED) is 0.770. The van der Waals surface area contributed by atoms with E-state index in [-0.39, 0.29) is 6.04 Å². The lowest BCUT2D eigenvalue weighted by molar-refractivity contribution is -0.139. The van der Waals surface area contributed by atoms with Crippen LogP contribution in [0.25, 0.3) is 0 Å². The van der Waals surface area contributed by atoms with E-state index in [4.69, 9.17) is 23.2 Å². The first-order chi connectivity index (χ1) is 8.73. The highest BCUT2D eigenvalue weighted by atomic mass is 35.5. The van der Waals surface area contributed by atoms with Gasteiger partial charge in [-0.25, -0.2) is 0 Å². The molecule has 19 heavy (non-hydrogen) atoms. The van der Waals surface area contributed by atoms with Crippen molar-refractivity contribution in [2.75, 3.05) is 0 Å². The Morgan fingerprint density at radius 1 is 1.21 bits per heavy atom. The third kappa shape index (κ3) is 5.59. The van der Waals surface area contributed by atoms with Gasteiger partial charge in [-0.3, -0.25) is 0 Å². The summed E-state index contributed by atoms with van der Waals surface area (Å²) in [6.07, 6.45) is -4.35. The molecular weight excluding hydrogens is 298 g/mol. The van der Waals surface area contributed by atoms with Crippen LogP contribution in [0.5, 0.6) is 0 Å². The van der Waals surface area contributed by atoms with Crippen LogP contribution in [0.1, 0.15) is 38.3 Å². The van der Waals surface area contributed by atoms with Gasteiger partial charge in [0.05, 0.1) is 16.5 Å². The molecule has 1 nitrogen and oxygen atoms in total. The van der Waals surface area contributed by atoms with Gasteiger partial charge in [0.2, 0.25) is 0 Å². The van der Waals surface area contributed by atoms with E-state index in [1.54, 1.807) is 18.2 Å². The normalized spacial score (nSPS) is 15.3. The van der Waals surface area contributed by atoms with Gasteiger partial charge >= 0.3 is 6.18 Å². The second kappa shape index (κ2) is 6.82. The Labute approximate surface area is 121 Å². The fourth-order valence-corrected chi connectivity index (χ4v) is 2.23. The molecule has 2 unspecified atom stereocenters. The SMILES string of the molecule is CCC(NC(C)CC(F)(F)F)c1ccc(Cl)c(Cl)c1. The van der Waals surface area contributed by atoms with Crippen LogP contribution in [-0.2, 0) is 0 Å². The van der Waals surface area contributed by atoms with Crippen LogP contribution < -0.4 is 5.32 Å². The van der Waals surface area contributed by atoms with Gasteiger partial charge in [-0.1, -0.05) is 36.2 Å². The maximum atomic E-state index is 12.3. The molecule has 0 spiro atoms. The standard InChI is InChI=1S/C13H16Cl2F3N/c1-3-12(19-8(2)7-13(16,17)18)9-4-5-10(14)11(15)6-9/h4-6,8,12,19H,3,7H2,1-2H3. The van der Waals surface area contributed by atoms with Crippen molar-refractivity contribution in [1.82, 2.24) is 5.32 Å². The number of nitrogens with one attached hydrogen (secondary N) is 1. The molecule has 0 aromatic heterocycles. The van der Waals surface area contributed by atoms with Crippen molar-refractivity contribution in [3.63, 3.8) is 0 Å². The molecule has 6 heteroatoms. The lowest BCUT2D eigenvalue weighted by Crippen LogP contribution is -2.34. The van der Waals surface area contributed by atoms with Crippen molar-refractivity contribution in [2.45, 2.75) is 44.9 Å². The number of benzene rings is 1. The van der Waals surface area contributed by atoms with Gasteiger partial charge in [-0.2, -0.15) is 13.2 Å². The molecule has 0 saturated carbocycles. The Morgan fingerprint density at radius 2 is 1.84 bits per heavy atom. The summed E-state index contributed by atoms with van der Waals surface area (Å²) >= 11 is 11.7. The zero-order valence-electron chi connectivity index (χ0n) is 10.7. The molecule has 1 rings (SSSR count). The van der Waals surface area contributed by atoms with E-state index in [9.17, 15) is 13.2 Å². The molecule has 0 amide bonds. The van der Waals surface area contributed by atoms with Crippen molar-refractivity contribution in [3.8, 4) is 0 Å². The second-order valence-corrected chi connectivity index (χ2v) is 5.34. The zero-order valence-corrected chi connectivity index (χ0v) is 12.2. The summed E-state index contributed by atoms with van der Waals surface area (Å²) in [6.45, 7) is 3.42. The Kier molecular flexibility index (Phi) is 5.96. The Bertz CT molecular complexity index is 421. The van der Waals surface area contributed by atoms with Crippen molar-refractivity contribution >= 4 is 23.2 Å². The third-order valence-electron chi connectivity index (χ3n) is 2.78. The molecular formula is C13H16Cl2F3N. The van der Waals surface area contributed by atoms with Crippen LogP contribution in [0.3, 0.4) is 0 Å². The molecule has 0 heterocycles. The molecule has 1 aromatic carbocycles. The molecule has 1 N–H and O–H groups in total. The topological polar surface area (TPSA) is 12.0 Å². The largest absolute Gasteiger partial charge is 0.390 e. The van der Waals surface area contributed by atoms with E-state index in [0.29, 0.717) is 16.5 Å². The highest BCUT2D eigenvalue weighted by Crippen LogP contribution is 2.28. The molecule has 0 aliphatic heterocycles. The van der Waals surface area contributed by atoms with Crippen LogP contribution in [0, 0.1) is 0 Å². The number of halogens is 5. The van der Waals surface area contributed by atoms with Crippen molar-refractivity contribution in [1.29, 1.82) is 0 Å². The number of hydrogen-bond donors (Lipinski definition) is 1. The summed E-state index contributed by atoms with van der Waals surface area (Å²) in [5.74, 6) is 0. The second-order valence-electron chi connectivity index (χ2n) is 4.52. The summed E-state index contributed by atoms with van der Waals surface area (Å²) in [4.78, 5) is 0. The predicted molar refractivity (Wildman–Crippen MR) is 72.8 cm³/mol. The van der Waals surface area contributed by atoms with E-state index in [1.165, 1.54) is 6.92 Å². The van der Waals surface area contributed by atoms with Crippen molar-refractivity contribution in [2.24, 2.45) is 0 Å². The number of rotatable bonds is 5. The number of hydrogen-bond acceptors (Lipinski definition) is 1. The van der Waals surface area contributed by atoms with Crippen LogP contribution in [0.2, 0.25) is 10.0 Å². The fraction of sp³-hybridized carbons (Fsp3) is 0.538. The van der Waals surface area contributed by atoms with Crippen molar-refractivity contribution < 1.29 is 13.2 Å². The first kappa shape index (κ1) is 16.6. The lowest BCUT2D eigenvalue weighted by Gasteiger charge is -2.23. The van der Waals surface area contributed by atoms with E-state index in [2.05, 4.69) is 5.32 Å². The van der Waals surface area contributed by atoms with E-state index < -0.39 is 18.6 Å². The molecule has 0 bridgehead atoms. The van der Waals surface area contributed by atoms with Gasteiger partial charge < -0.3 is 5.32 Å². The first-order valence-corrected chi connectivity index (χ1v) is 6.76. The van der Waals surface area contributed by atoms with Crippen LogP contribution in [-0.4, -0.2) is 12.2 Å². The van der Waals surface area contributed by atoms with Crippen LogP contribution in [0.4, 0.5) is 13.2 Å². The maximum absolute atomic E-state index is 12.3. The summed E-state index contributed by atoms with van der Waals surface area (Å²) in [6, 6.07) is 4.28. The minimum Gasteiger partial charge on any atom is -0.307 e. The minimum absolute atomic E-state index is 0.174. The van der Waals surface area contributed by atoms with Gasteiger partial charge in [-0.15, -0.1) is 0 Å². The summed E-state index contributed by atoms with van der Waals surface area (Å²) in [5, 5.41) is 3.80. The molecule has 0 aliphatic rings. The molecule has 0 fully saturated rings. The van der Waals surface area contributed by atoms with Crippen molar-refractivity contribution in [3.05, 3.63) is 33.8 Å². The Morgan fingerprint density at radius 3 is 2.32 bits per heavy atom. The molecule has 0 radical (unpaired) electrons. The Hall–Kier alpha value is -0.450. The number of alkyl halides is 3. The third-order valence-corrected chi connectivity index (χ3v) is 3.52. The maximum Gasteiger partial charge on any atom is 0.390 e. The predicted octanol–water partition coefficient (Wildman–Crippen LogP) is 5.38.